The predicted octanol–water partition coefficient (Wildman–Crippen LogP) is 3.33. The summed E-state index contributed by atoms with van der Waals surface area (Å²) in [6, 6.07) is 6.07. The normalized spacial score (nSPS) is 16.2. The third-order valence-corrected chi connectivity index (χ3v) is 4.59. The van der Waals surface area contributed by atoms with Crippen LogP contribution in [0.15, 0.2) is 23.2 Å². The second-order valence-corrected chi connectivity index (χ2v) is 7.18. The maximum absolute atomic E-state index is 4.69. The van der Waals surface area contributed by atoms with Crippen molar-refractivity contribution < 1.29 is 0 Å². The van der Waals surface area contributed by atoms with Gasteiger partial charge in [-0.25, -0.2) is 4.99 Å². The van der Waals surface area contributed by atoms with E-state index in [1.165, 1.54) is 32.4 Å². The van der Waals surface area contributed by atoms with E-state index in [1.54, 1.807) is 0 Å². The Labute approximate surface area is 170 Å². The molecule has 2 N–H and O–H groups in total. The average molecular weight is 459 g/mol. The number of halogens is 1. The summed E-state index contributed by atoms with van der Waals surface area (Å²) in [5.74, 6) is 0.867. The van der Waals surface area contributed by atoms with Gasteiger partial charge in [0, 0.05) is 24.3 Å². The van der Waals surface area contributed by atoms with Gasteiger partial charge in [0.15, 0.2) is 5.96 Å². The molecule has 1 saturated heterocycles. The number of piperidine rings is 1. The van der Waals surface area contributed by atoms with Gasteiger partial charge in [-0.05, 0) is 65.8 Å². The van der Waals surface area contributed by atoms with Crippen molar-refractivity contribution in [1.82, 2.24) is 20.5 Å². The first-order chi connectivity index (χ1) is 11.5. The first-order valence-electron chi connectivity index (χ1n) is 9.21. The summed E-state index contributed by atoms with van der Waals surface area (Å²) in [5, 5.41) is 6.85. The number of hydrogen-bond donors (Lipinski definition) is 2. The highest BCUT2D eigenvalue weighted by molar-refractivity contribution is 14.0. The van der Waals surface area contributed by atoms with Crippen molar-refractivity contribution in [2.75, 3.05) is 26.2 Å². The Morgan fingerprint density at radius 2 is 1.92 bits per heavy atom. The van der Waals surface area contributed by atoms with Crippen molar-refractivity contribution in [3.63, 3.8) is 0 Å². The molecule has 0 unspecified atom stereocenters. The van der Waals surface area contributed by atoms with E-state index in [2.05, 4.69) is 46.3 Å². The predicted molar refractivity (Wildman–Crippen MR) is 117 cm³/mol. The molecular formula is C19H34IN5. The SMILES string of the molecule is CCNC(=NCc1cccc(C)n1)NCC(C)(C)N1CCCCC1.I. The lowest BCUT2D eigenvalue weighted by Crippen LogP contribution is -2.54. The largest absolute Gasteiger partial charge is 0.357 e. The van der Waals surface area contributed by atoms with Crippen LogP contribution in [-0.2, 0) is 6.54 Å². The van der Waals surface area contributed by atoms with Crippen LogP contribution in [0.4, 0.5) is 0 Å². The van der Waals surface area contributed by atoms with Crippen LogP contribution < -0.4 is 10.6 Å². The molecule has 0 aromatic carbocycles. The molecule has 1 aliphatic heterocycles. The van der Waals surface area contributed by atoms with Gasteiger partial charge in [0.05, 0.1) is 12.2 Å². The first-order valence-corrected chi connectivity index (χ1v) is 9.21. The summed E-state index contributed by atoms with van der Waals surface area (Å²) < 4.78 is 0. The lowest BCUT2D eigenvalue weighted by Gasteiger charge is -2.41. The maximum atomic E-state index is 4.69. The van der Waals surface area contributed by atoms with Crippen LogP contribution in [0.1, 0.15) is 51.4 Å². The number of guanidine groups is 1. The van der Waals surface area contributed by atoms with Crippen molar-refractivity contribution in [2.45, 2.75) is 59.0 Å². The molecule has 25 heavy (non-hydrogen) atoms. The third-order valence-electron chi connectivity index (χ3n) is 4.59. The number of aliphatic imine (C=N–C) groups is 1. The zero-order valence-electron chi connectivity index (χ0n) is 16.1. The maximum Gasteiger partial charge on any atom is 0.191 e. The minimum atomic E-state index is 0. The standard InChI is InChI=1S/C19H33N5.HI/c1-5-20-18(21-14-17-11-9-10-16(2)23-17)22-15-19(3,4)24-12-7-6-8-13-24;/h9-11H,5-8,12-15H2,1-4H3,(H2,20,21,22);1H. The van der Waals surface area contributed by atoms with Crippen LogP contribution in [0.25, 0.3) is 0 Å². The molecule has 0 atom stereocenters. The fourth-order valence-corrected chi connectivity index (χ4v) is 3.10. The summed E-state index contributed by atoms with van der Waals surface area (Å²) in [7, 11) is 0. The molecule has 1 aromatic heterocycles. The summed E-state index contributed by atoms with van der Waals surface area (Å²) in [4.78, 5) is 11.8. The summed E-state index contributed by atoms with van der Waals surface area (Å²) in [5.41, 5.74) is 2.17. The Morgan fingerprint density at radius 1 is 1.20 bits per heavy atom. The highest BCUT2D eigenvalue weighted by Gasteiger charge is 2.27. The minimum absolute atomic E-state index is 0. The van der Waals surface area contributed by atoms with Crippen LogP contribution in [0.3, 0.4) is 0 Å². The molecule has 1 aromatic rings. The number of nitrogens with zero attached hydrogens (tertiary/aromatic N) is 3. The second kappa shape index (κ2) is 11.0. The molecule has 2 rings (SSSR count). The molecule has 1 aliphatic rings. The molecule has 0 aliphatic carbocycles. The van der Waals surface area contributed by atoms with Crippen LogP contribution >= 0.6 is 24.0 Å². The van der Waals surface area contributed by atoms with Gasteiger partial charge >= 0.3 is 0 Å². The van der Waals surface area contributed by atoms with Crippen molar-refractivity contribution >= 4 is 29.9 Å². The summed E-state index contributed by atoms with van der Waals surface area (Å²) >= 11 is 0. The lowest BCUT2D eigenvalue weighted by molar-refractivity contribution is 0.0982. The average Bonchev–Trinajstić information content (AvgIpc) is 2.58. The highest BCUT2D eigenvalue weighted by atomic mass is 127. The van der Waals surface area contributed by atoms with Crippen LogP contribution in [-0.4, -0.2) is 47.6 Å². The van der Waals surface area contributed by atoms with E-state index in [0.717, 1.165) is 30.4 Å². The smallest absolute Gasteiger partial charge is 0.191 e. The van der Waals surface area contributed by atoms with Crippen LogP contribution in [0.5, 0.6) is 0 Å². The van der Waals surface area contributed by atoms with Gasteiger partial charge in [-0.3, -0.25) is 9.88 Å². The Bertz CT molecular complexity index is 538. The van der Waals surface area contributed by atoms with E-state index in [4.69, 9.17) is 0 Å². The zero-order valence-corrected chi connectivity index (χ0v) is 18.5. The van der Waals surface area contributed by atoms with Crippen LogP contribution in [0.2, 0.25) is 0 Å². The molecular weight excluding hydrogens is 425 g/mol. The number of hydrogen-bond acceptors (Lipinski definition) is 3. The van der Waals surface area contributed by atoms with Gasteiger partial charge in [0.2, 0.25) is 0 Å². The molecule has 0 radical (unpaired) electrons. The topological polar surface area (TPSA) is 52.6 Å². The molecule has 1 fully saturated rings. The van der Waals surface area contributed by atoms with E-state index in [-0.39, 0.29) is 29.5 Å². The van der Waals surface area contributed by atoms with Crippen molar-refractivity contribution in [3.8, 4) is 0 Å². The Hall–Kier alpha value is -0.890. The highest BCUT2D eigenvalue weighted by Crippen LogP contribution is 2.19. The summed E-state index contributed by atoms with van der Waals surface area (Å²) in [6.07, 6.45) is 4.00. The third kappa shape index (κ3) is 7.48. The first kappa shape index (κ1) is 22.2. The van der Waals surface area contributed by atoms with Crippen molar-refractivity contribution in [1.29, 1.82) is 0 Å². The molecule has 0 amide bonds. The Balaban J connectivity index is 0.00000312. The van der Waals surface area contributed by atoms with Gasteiger partial charge in [0.1, 0.15) is 0 Å². The van der Waals surface area contributed by atoms with E-state index in [0.29, 0.717) is 6.54 Å². The number of aryl methyl sites for hydroxylation is 1. The van der Waals surface area contributed by atoms with Gasteiger partial charge < -0.3 is 10.6 Å². The number of nitrogens with one attached hydrogen (secondary N) is 2. The molecule has 142 valence electrons. The van der Waals surface area contributed by atoms with Gasteiger partial charge in [-0.1, -0.05) is 12.5 Å². The molecule has 5 nitrogen and oxygen atoms in total. The van der Waals surface area contributed by atoms with E-state index in [9.17, 15) is 0 Å². The number of rotatable bonds is 6. The minimum Gasteiger partial charge on any atom is -0.357 e. The molecule has 0 spiro atoms. The molecule has 0 bridgehead atoms. The van der Waals surface area contributed by atoms with E-state index < -0.39 is 0 Å². The second-order valence-electron chi connectivity index (χ2n) is 7.18. The quantitative estimate of drug-likeness (QED) is 0.390. The van der Waals surface area contributed by atoms with Gasteiger partial charge in [-0.2, -0.15) is 0 Å². The van der Waals surface area contributed by atoms with Crippen molar-refractivity contribution in [2.24, 2.45) is 4.99 Å². The van der Waals surface area contributed by atoms with Gasteiger partial charge in [-0.15, -0.1) is 24.0 Å². The number of aromatic nitrogens is 1. The van der Waals surface area contributed by atoms with E-state index in [1.807, 2.05) is 25.1 Å². The molecule has 0 saturated carbocycles. The van der Waals surface area contributed by atoms with Crippen LogP contribution in [0, 0.1) is 6.92 Å². The number of likely N-dealkylation sites (tertiary alicyclic amines) is 1. The Kier molecular flexibility index (Phi) is 9.71. The fraction of sp³-hybridized carbons (Fsp3) is 0.684. The molecule has 6 heteroatoms. The number of pyridine rings is 1. The Morgan fingerprint density at radius 3 is 2.56 bits per heavy atom. The lowest BCUT2D eigenvalue weighted by atomic mass is 9.98. The fourth-order valence-electron chi connectivity index (χ4n) is 3.10. The zero-order chi connectivity index (χ0) is 17.4. The van der Waals surface area contributed by atoms with Gasteiger partial charge in [0.25, 0.3) is 0 Å². The monoisotopic (exact) mass is 459 g/mol. The van der Waals surface area contributed by atoms with Crippen molar-refractivity contribution in [3.05, 3.63) is 29.6 Å². The molecule has 2 heterocycles. The summed E-state index contributed by atoms with van der Waals surface area (Å²) in [6.45, 7) is 13.5. The van der Waals surface area contributed by atoms with E-state index >= 15 is 0 Å².